The van der Waals surface area contributed by atoms with Crippen molar-refractivity contribution in [2.45, 2.75) is 81.8 Å². The standard InChI is InChI=1S/C20H31NO4S/c1-2-3-12-19(26(23,24)18-13-8-5-9-14-18)15-20(22)21-25-16-17-10-6-4-7-11-17/h4,6-7,10-11,18-19H,2-3,5,8-9,12-16H2,1H3,(H,21,22). The molecule has 1 aromatic rings. The largest absolute Gasteiger partial charge is 0.273 e. The van der Waals surface area contributed by atoms with Crippen molar-refractivity contribution in [3.63, 3.8) is 0 Å². The van der Waals surface area contributed by atoms with Gasteiger partial charge in [0.2, 0.25) is 5.91 Å². The first-order valence-corrected chi connectivity index (χ1v) is 11.3. The van der Waals surface area contributed by atoms with Crippen molar-refractivity contribution in [1.29, 1.82) is 0 Å². The Labute approximate surface area is 157 Å². The van der Waals surface area contributed by atoms with Gasteiger partial charge in [0, 0.05) is 6.42 Å². The summed E-state index contributed by atoms with van der Waals surface area (Å²) in [6.45, 7) is 2.30. The molecule has 1 fully saturated rings. The van der Waals surface area contributed by atoms with E-state index >= 15 is 0 Å². The Morgan fingerprint density at radius 3 is 2.54 bits per heavy atom. The minimum Gasteiger partial charge on any atom is -0.273 e. The first-order chi connectivity index (χ1) is 12.5. The predicted molar refractivity (Wildman–Crippen MR) is 103 cm³/mol. The van der Waals surface area contributed by atoms with Gasteiger partial charge in [0.1, 0.15) is 0 Å². The summed E-state index contributed by atoms with van der Waals surface area (Å²) in [5.74, 6) is -0.360. The smallest absolute Gasteiger partial charge is 0.244 e. The molecule has 2 rings (SSSR count). The van der Waals surface area contributed by atoms with Crippen LogP contribution < -0.4 is 5.48 Å². The van der Waals surface area contributed by atoms with E-state index in [-0.39, 0.29) is 24.2 Å². The maximum absolute atomic E-state index is 13.0. The summed E-state index contributed by atoms with van der Waals surface area (Å²) < 4.78 is 26.0. The highest BCUT2D eigenvalue weighted by molar-refractivity contribution is 7.92. The van der Waals surface area contributed by atoms with Crippen molar-refractivity contribution in [2.75, 3.05) is 0 Å². The highest BCUT2D eigenvalue weighted by Crippen LogP contribution is 2.29. The normalized spacial score (nSPS) is 17.0. The van der Waals surface area contributed by atoms with Gasteiger partial charge in [-0.15, -0.1) is 0 Å². The first kappa shape index (κ1) is 20.9. The van der Waals surface area contributed by atoms with Crippen LogP contribution in [0.4, 0.5) is 0 Å². The summed E-state index contributed by atoms with van der Waals surface area (Å²) in [5, 5.41) is -0.887. The van der Waals surface area contributed by atoms with E-state index in [1.54, 1.807) is 0 Å². The van der Waals surface area contributed by atoms with Gasteiger partial charge in [-0.05, 0) is 24.8 Å². The zero-order valence-electron chi connectivity index (χ0n) is 15.7. The van der Waals surface area contributed by atoms with E-state index < -0.39 is 15.1 Å². The predicted octanol–water partition coefficient (Wildman–Crippen LogP) is 3.93. The fourth-order valence-corrected chi connectivity index (χ4v) is 5.92. The summed E-state index contributed by atoms with van der Waals surface area (Å²) in [4.78, 5) is 17.5. The van der Waals surface area contributed by atoms with E-state index in [9.17, 15) is 13.2 Å². The SMILES string of the molecule is CCCCC(CC(=O)NOCc1ccccc1)S(=O)(=O)C1CCCCC1. The lowest BCUT2D eigenvalue weighted by molar-refractivity contribution is -0.134. The van der Waals surface area contributed by atoms with Crippen LogP contribution in [0.2, 0.25) is 0 Å². The second-order valence-corrected chi connectivity index (χ2v) is 9.63. The molecule has 1 aliphatic rings. The summed E-state index contributed by atoms with van der Waals surface area (Å²) in [6, 6.07) is 9.53. The number of sulfone groups is 1. The van der Waals surface area contributed by atoms with Crippen molar-refractivity contribution in [1.82, 2.24) is 5.48 Å². The Hall–Kier alpha value is -1.40. The summed E-state index contributed by atoms with van der Waals surface area (Å²) in [6.07, 6.45) is 6.77. The molecular weight excluding hydrogens is 350 g/mol. The number of rotatable bonds is 10. The number of hydrogen-bond acceptors (Lipinski definition) is 4. The van der Waals surface area contributed by atoms with Crippen LogP contribution in [0.25, 0.3) is 0 Å². The molecule has 1 N–H and O–H groups in total. The van der Waals surface area contributed by atoms with Gasteiger partial charge in [-0.1, -0.05) is 69.4 Å². The van der Waals surface area contributed by atoms with Crippen LogP contribution in [0.5, 0.6) is 0 Å². The average Bonchev–Trinajstić information content (AvgIpc) is 2.66. The van der Waals surface area contributed by atoms with Gasteiger partial charge >= 0.3 is 0 Å². The Bertz CT molecular complexity index is 639. The number of unbranched alkanes of at least 4 members (excludes halogenated alkanes) is 1. The lowest BCUT2D eigenvalue weighted by Crippen LogP contribution is -2.37. The molecule has 0 radical (unpaired) electrons. The van der Waals surface area contributed by atoms with Crippen LogP contribution in [0.1, 0.15) is 70.3 Å². The number of hydroxylamine groups is 1. The highest BCUT2D eigenvalue weighted by Gasteiger charge is 2.35. The van der Waals surface area contributed by atoms with E-state index in [1.165, 1.54) is 0 Å². The van der Waals surface area contributed by atoms with Gasteiger partial charge in [0.05, 0.1) is 17.1 Å². The number of nitrogens with one attached hydrogen (secondary N) is 1. The zero-order valence-corrected chi connectivity index (χ0v) is 16.5. The molecule has 0 bridgehead atoms. The fraction of sp³-hybridized carbons (Fsp3) is 0.650. The van der Waals surface area contributed by atoms with E-state index in [2.05, 4.69) is 5.48 Å². The molecule has 1 saturated carbocycles. The number of carbonyl (C=O) groups excluding carboxylic acids is 1. The minimum absolute atomic E-state index is 0.0202. The highest BCUT2D eigenvalue weighted by atomic mass is 32.2. The number of hydrogen-bond donors (Lipinski definition) is 1. The molecule has 0 aliphatic heterocycles. The maximum Gasteiger partial charge on any atom is 0.244 e. The van der Waals surface area contributed by atoms with E-state index in [4.69, 9.17) is 4.84 Å². The molecule has 0 spiro atoms. The van der Waals surface area contributed by atoms with Crippen molar-refractivity contribution in [2.24, 2.45) is 0 Å². The van der Waals surface area contributed by atoms with Crippen LogP contribution in [-0.2, 0) is 26.1 Å². The third-order valence-corrected chi connectivity index (χ3v) is 7.77. The van der Waals surface area contributed by atoms with Gasteiger partial charge in [0.15, 0.2) is 9.84 Å². The molecule has 1 aromatic carbocycles. The quantitative estimate of drug-likeness (QED) is 0.623. The summed E-state index contributed by atoms with van der Waals surface area (Å²) in [5.41, 5.74) is 3.36. The monoisotopic (exact) mass is 381 g/mol. The van der Waals surface area contributed by atoms with E-state index in [1.807, 2.05) is 37.3 Å². The second-order valence-electron chi connectivity index (χ2n) is 7.12. The Morgan fingerprint density at radius 1 is 1.19 bits per heavy atom. The van der Waals surface area contributed by atoms with Gasteiger partial charge in [0.25, 0.3) is 0 Å². The van der Waals surface area contributed by atoms with E-state index in [0.717, 1.165) is 50.5 Å². The average molecular weight is 382 g/mol. The topological polar surface area (TPSA) is 72.5 Å². The van der Waals surface area contributed by atoms with Gasteiger partial charge in [-0.25, -0.2) is 13.9 Å². The molecular formula is C20H31NO4S. The lowest BCUT2D eigenvalue weighted by atomic mass is 10.0. The van der Waals surface area contributed by atoms with Crippen molar-refractivity contribution in [3.8, 4) is 0 Å². The van der Waals surface area contributed by atoms with Crippen LogP contribution in [0, 0.1) is 0 Å². The van der Waals surface area contributed by atoms with Crippen molar-refractivity contribution in [3.05, 3.63) is 35.9 Å². The Kier molecular flexibility index (Phi) is 8.59. The molecule has 1 atom stereocenters. The summed E-state index contributed by atoms with van der Waals surface area (Å²) in [7, 11) is -3.29. The maximum atomic E-state index is 13.0. The molecule has 1 amide bonds. The summed E-state index contributed by atoms with van der Waals surface area (Å²) >= 11 is 0. The molecule has 1 unspecified atom stereocenters. The zero-order chi connectivity index (χ0) is 18.8. The van der Waals surface area contributed by atoms with Crippen LogP contribution in [0.15, 0.2) is 30.3 Å². The molecule has 0 heterocycles. The minimum atomic E-state index is -3.29. The van der Waals surface area contributed by atoms with Gasteiger partial charge in [-0.2, -0.15) is 0 Å². The molecule has 146 valence electrons. The number of amides is 1. The molecule has 26 heavy (non-hydrogen) atoms. The third-order valence-electron chi connectivity index (χ3n) is 5.04. The van der Waals surface area contributed by atoms with Gasteiger partial charge < -0.3 is 0 Å². The molecule has 1 aliphatic carbocycles. The Morgan fingerprint density at radius 2 is 1.88 bits per heavy atom. The van der Waals surface area contributed by atoms with Crippen molar-refractivity contribution < 1.29 is 18.0 Å². The lowest BCUT2D eigenvalue weighted by Gasteiger charge is -2.27. The van der Waals surface area contributed by atoms with Crippen molar-refractivity contribution >= 4 is 15.7 Å². The van der Waals surface area contributed by atoms with Gasteiger partial charge in [-0.3, -0.25) is 9.63 Å². The molecule has 5 nitrogen and oxygen atoms in total. The van der Waals surface area contributed by atoms with Crippen LogP contribution >= 0.6 is 0 Å². The van der Waals surface area contributed by atoms with E-state index in [0.29, 0.717) is 6.42 Å². The fourth-order valence-electron chi connectivity index (χ4n) is 3.50. The van der Waals surface area contributed by atoms with Crippen LogP contribution in [-0.4, -0.2) is 24.8 Å². The third kappa shape index (κ3) is 6.40. The molecule has 6 heteroatoms. The first-order valence-electron chi connectivity index (χ1n) is 9.71. The number of carbonyl (C=O) groups is 1. The number of benzene rings is 1. The second kappa shape index (κ2) is 10.7. The molecule has 0 aromatic heterocycles. The Balaban J connectivity index is 1.90. The molecule has 0 saturated heterocycles. The van der Waals surface area contributed by atoms with Crippen LogP contribution in [0.3, 0.4) is 0 Å².